The summed E-state index contributed by atoms with van der Waals surface area (Å²) < 4.78 is 5.81. The van der Waals surface area contributed by atoms with Crippen molar-refractivity contribution in [2.75, 3.05) is 13.7 Å². The van der Waals surface area contributed by atoms with Crippen LogP contribution in [0.5, 0.6) is 5.75 Å². The third-order valence-electron chi connectivity index (χ3n) is 5.67. The summed E-state index contributed by atoms with van der Waals surface area (Å²) in [6, 6.07) is 22.0. The summed E-state index contributed by atoms with van der Waals surface area (Å²) >= 11 is 6.63. The highest BCUT2D eigenvalue weighted by molar-refractivity contribution is 6.36. The highest BCUT2D eigenvalue weighted by Crippen LogP contribution is 2.40. The Morgan fingerprint density at radius 3 is 2.48 bits per heavy atom. The Hall–Kier alpha value is -3.83. The van der Waals surface area contributed by atoms with Crippen molar-refractivity contribution in [3.63, 3.8) is 0 Å². The van der Waals surface area contributed by atoms with Gasteiger partial charge in [0, 0.05) is 21.7 Å². The monoisotopic (exact) mass is 454 g/mol. The van der Waals surface area contributed by atoms with E-state index >= 15 is 0 Å². The van der Waals surface area contributed by atoms with Gasteiger partial charge in [-0.05, 0) is 30.7 Å². The van der Waals surface area contributed by atoms with Gasteiger partial charge >= 0.3 is 0 Å². The number of nitrogens with zero attached hydrogens (tertiary/aromatic N) is 3. The molecule has 0 amide bonds. The lowest BCUT2D eigenvalue weighted by molar-refractivity contribution is 0.397. The molecule has 0 radical (unpaired) electrons. The molecule has 2 aliphatic heterocycles. The molecule has 3 aromatic carbocycles. The van der Waals surface area contributed by atoms with Crippen LogP contribution in [-0.2, 0) is 0 Å². The van der Waals surface area contributed by atoms with E-state index < -0.39 is 0 Å². The van der Waals surface area contributed by atoms with E-state index in [1.165, 1.54) is 0 Å². The largest absolute Gasteiger partial charge is 0.496 e. The number of benzene rings is 3. The van der Waals surface area contributed by atoms with Crippen molar-refractivity contribution in [2.45, 2.75) is 6.92 Å². The number of allylic oxidation sites excluding steroid dienone is 1. The predicted octanol–water partition coefficient (Wildman–Crippen LogP) is 6.13. The fourth-order valence-corrected chi connectivity index (χ4v) is 4.34. The molecule has 0 saturated heterocycles. The van der Waals surface area contributed by atoms with Gasteiger partial charge < -0.3 is 4.74 Å². The number of hydrogen-bond acceptors (Lipinski definition) is 5. The maximum absolute atomic E-state index is 6.63. The van der Waals surface area contributed by atoms with Crippen molar-refractivity contribution < 1.29 is 4.74 Å². The van der Waals surface area contributed by atoms with Crippen molar-refractivity contribution in [2.24, 2.45) is 9.98 Å². The number of fused-ring (bicyclic) bond motifs is 2. The minimum Gasteiger partial charge on any atom is -0.496 e. The summed E-state index contributed by atoms with van der Waals surface area (Å²) in [7, 11) is 1.68. The molecule has 2 aliphatic rings. The first-order chi connectivity index (χ1) is 16.1. The highest BCUT2D eigenvalue weighted by atomic mass is 35.5. The first-order valence-corrected chi connectivity index (χ1v) is 11.0. The van der Waals surface area contributed by atoms with Crippen LogP contribution in [0.2, 0.25) is 5.02 Å². The van der Waals surface area contributed by atoms with Crippen LogP contribution in [0.1, 0.15) is 18.1 Å². The van der Waals surface area contributed by atoms with Crippen LogP contribution in [0, 0.1) is 0 Å². The van der Waals surface area contributed by atoms with Gasteiger partial charge in [-0.1, -0.05) is 66.2 Å². The Labute approximate surface area is 198 Å². The average Bonchev–Trinajstić information content (AvgIpc) is 3.01. The zero-order chi connectivity index (χ0) is 22.9. The first kappa shape index (κ1) is 21.0. The van der Waals surface area contributed by atoms with E-state index in [-0.39, 0.29) is 0 Å². The van der Waals surface area contributed by atoms with Crippen LogP contribution in [0.4, 0.5) is 5.69 Å². The Morgan fingerprint density at radius 1 is 1.00 bits per heavy atom. The number of nitrogens with one attached hydrogen (secondary N) is 1. The van der Waals surface area contributed by atoms with Crippen LogP contribution in [0.15, 0.2) is 101 Å². The summed E-state index contributed by atoms with van der Waals surface area (Å²) in [6.07, 6.45) is 1.83. The zero-order valence-electron chi connectivity index (χ0n) is 18.5. The number of methoxy groups -OCH3 is 1. The molecule has 0 saturated carbocycles. The fraction of sp³-hybridized carbons (Fsp3) is 0.111. The van der Waals surface area contributed by atoms with Gasteiger partial charge in [0.2, 0.25) is 0 Å². The van der Waals surface area contributed by atoms with E-state index in [2.05, 4.69) is 30.2 Å². The molecule has 5 rings (SSSR count). The van der Waals surface area contributed by atoms with Crippen molar-refractivity contribution in [1.82, 2.24) is 10.4 Å². The molecule has 1 N–H and O–H groups in total. The van der Waals surface area contributed by atoms with E-state index in [1.54, 1.807) is 7.11 Å². The number of hydrazine groups is 1. The van der Waals surface area contributed by atoms with Crippen LogP contribution >= 0.6 is 11.6 Å². The van der Waals surface area contributed by atoms with Crippen molar-refractivity contribution in [3.8, 4) is 16.9 Å². The number of amidine groups is 1. The Balaban J connectivity index is 1.81. The Morgan fingerprint density at radius 2 is 1.76 bits per heavy atom. The second-order valence-electron chi connectivity index (χ2n) is 7.80. The van der Waals surface area contributed by atoms with Crippen LogP contribution < -0.4 is 10.2 Å². The molecule has 0 fully saturated rings. The van der Waals surface area contributed by atoms with Gasteiger partial charge in [0.1, 0.15) is 11.4 Å². The van der Waals surface area contributed by atoms with Crippen LogP contribution in [0.25, 0.3) is 11.1 Å². The molecule has 2 heterocycles. The second-order valence-corrected chi connectivity index (χ2v) is 8.20. The molecule has 0 unspecified atom stereocenters. The normalized spacial score (nSPS) is 14.6. The van der Waals surface area contributed by atoms with Crippen molar-refractivity contribution >= 4 is 28.8 Å². The standard InChI is InChI=1S/C27H23ClN4O/c1-4-14-32-27-25(17(2)31-32)30-26(19-12-8-9-13-22(19)28)21-16-24(33-3)20(15-23(21)29-27)18-10-6-5-7-11-18/h4-13,15-16,31H,1,14H2,2-3H3. The molecule has 0 aromatic heterocycles. The number of aliphatic imine (C=N–C) groups is 2. The molecular formula is C27H23ClN4O. The van der Waals surface area contributed by atoms with Crippen molar-refractivity contribution in [3.05, 3.63) is 107 Å². The lowest BCUT2D eigenvalue weighted by Gasteiger charge is -2.18. The van der Waals surface area contributed by atoms with E-state index in [1.807, 2.05) is 66.5 Å². The van der Waals surface area contributed by atoms with Gasteiger partial charge in [0.05, 0.1) is 30.8 Å². The van der Waals surface area contributed by atoms with E-state index in [4.69, 9.17) is 26.3 Å². The molecule has 0 atom stereocenters. The summed E-state index contributed by atoms with van der Waals surface area (Å²) in [5, 5.41) is 2.58. The third kappa shape index (κ3) is 3.70. The SMILES string of the molecule is C=CCN1NC(C)=C2N=C(c3ccccc3Cl)c3cc(OC)c(-c4ccccc4)cc3N=C21. The minimum atomic E-state index is 0.591. The number of hydrogen-bond donors (Lipinski definition) is 1. The van der Waals surface area contributed by atoms with Crippen LogP contribution in [0.3, 0.4) is 0 Å². The number of halogens is 1. The molecule has 3 aromatic rings. The zero-order valence-corrected chi connectivity index (χ0v) is 19.2. The van der Waals surface area contributed by atoms with Gasteiger partial charge in [-0.15, -0.1) is 6.58 Å². The molecule has 0 bridgehead atoms. The smallest absolute Gasteiger partial charge is 0.176 e. The molecule has 164 valence electrons. The van der Waals surface area contributed by atoms with E-state index in [0.29, 0.717) is 11.6 Å². The number of ether oxygens (including phenoxy) is 1. The summed E-state index contributed by atoms with van der Waals surface area (Å²) in [6.45, 7) is 6.46. The van der Waals surface area contributed by atoms with Gasteiger partial charge in [-0.2, -0.15) is 0 Å². The van der Waals surface area contributed by atoms with Crippen molar-refractivity contribution in [1.29, 1.82) is 0 Å². The van der Waals surface area contributed by atoms with Gasteiger partial charge in [0.25, 0.3) is 0 Å². The summed E-state index contributed by atoms with van der Waals surface area (Å²) in [4.78, 5) is 10.2. The van der Waals surface area contributed by atoms with Gasteiger partial charge in [0.15, 0.2) is 5.84 Å². The predicted molar refractivity (Wildman–Crippen MR) is 135 cm³/mol. The lowest BCUT2D eigenvalue weighted by atomic mass is 9.95. The third-order valence-corrected chi connectivity index (χ3v) is 6.00. The highest BCUT2D eigenvalue weighted by Gasteiger charge is 2.30. The molecule has 0 spiro atoms. The van der Waals surface area contributed by atoms with E-state index in [9.17, 15) is 0 Å². The molecule has 6 heteroatoms. The molecular weight excluding hydrogens is 432 g/mol. The molecule has 5 nitrogen and oxygen atoms in total. The van der Waals surface area contributed by atoms with Crippen LogP contribution in [-0.4, -0.2) is 30.2 Å². The molecule has 33 heavy (non-hydrogen) atoms. The average molecular weight is 455 g/mol. The Kier molecular flexibility index (Phi) is 5.48. The second kappa shape index (κ2) is 8.60. The van der Waals surface area contributed by atoms with Gasteiger partial charge in [-0.3, -0.25) is 10.4 Å². The summed E-state index contributed by atoms with van der Waals surface area (Å²) in [5.74, 6) is 1.50. The first-order valence-electron chi connectivity index (χ1n) is 10.7. The summed E-state index contributed by atoms with van der Waals surface area (Å²) in [5.41, 5.74) is 10.3. The maximum Gasteiger partial charge on any atom is 0.176 e. The minimum absolute atomic E-state index is 0.591. The Bertz CT molecular complexity index is 1340. The fourth-order valence-electron chi connectivity index (χ4n) is 4.12. The quantitative estimate of drug-likeness (QED) is 0.471. The van der Waals surface area contributed by atoms with Gasteiger partial charge in [-0.25, -0.2) is 9.98 Å². The number of rotatable bonds is 5. The maximum atomic E-state index is 6.63. The lowest BCUT2D eigenvalue weighted by Crippen LogP contribution is -2.35. The van der Waals surface area contributed by atoms with E-state index in [0.717, 1.165) is 56.6 Å². The topological polar surface area (TPSA) is 49.2 Å². The molecule has 0 aliphatic carbocycles.